The van der Waals surface area contributed by atoms with E-state index in [0.29, 0.717) is 29.0 Å². The number of aromatic hydroxyl groups is 2. The second-order valence-electron chi connectivity index (χ2n) is 8.70. The molecule has 2 unspecified atom stereocenters. The van der Waals surface area contributed by atoms with Crippen LogP contribution in [0.3, 0.4) is 0 Å². The van der Waals surface area contributed by atoms with Crippen molar-refractivity contribution in [2.45, 2.75) is 46.1 Å². The normalized spacial score (nSPS) is 15.8. The molecule has 0 radical (unpaired) electrons. The monoisotopic (exact) mass is 452 g/mol. The van der Waals surface area contributed by atoms with Gasteiger partial charge in [0.05, 0.1) is 20.6 Å². The molecule has 0 saturated carbocycles. The molecule has 0 spiro atoms. The van der Waals surface area contributed by atoms with E-state index in [9.17, 15) is 15.0 Å². The van der Waals surface area contributed by atoms with Crippen LogP contribution in [0.5, 0.6) is 28.7 Å². The van der Waals surface area contributed by atoms with Crippen LogP contribution >= 0.6 is 0 Å². The minimum atomic E-state index is -0.688. The molecular weight excluding hydrogens is 420 g/mol. The number of hydrogen-bond acceptors (Lipinski definition) is 6. The van der Waals surface area contributed by atoms with Crippen molar-refractivity contribution in [3.8, 4) is 28.7 Å². The minimum Gasteiger partial charge on any atom is -0.507 e. The Balaban J connectivity index is 1.99. The van der Waals surface area contributed by atoms with E-state index in [1.807, 2.05) is 20.8 Å². The zero-order valence-corrected chi connectivity index (χ0v) is 19.9. The largest absolute Gasteiger partial charge is 0.507 e. The molecule has 6 heteroatoms. The highest BCUT2D eigenvalue weighted by atomic mass is 16.5. The van der Waals surface area contributed by atoms with Gasteiger partial charge >= 0.3 is 0 Å². The molecule has 2 atom stereocenters. The molecule has 0 aliphatic carbocycles. The molecule has 0 bridgehead atoms. The molecule has 1 heterocycles. The van der Waals surface area contributed by atoms with Crippen LogP contribution in [-0.2, 0) is 6.42 Å². The topological polar surface area (TPSA) is 85.2 Å². The fourth-order valence-electron chi connectivity index (χ4n) is 4.05. The number of Topliss-reactive ketones (excluding diaryl/α,β-unsaturated/α-hetero) is 1. The van der Waals surface area contributed by atoms with E-state index in [1.165, 1.54) is 25.9 Å². The number of phenolic OH excluding ortho intramolecular Hbond substituents is 2. The fourth-order valence-corrected chi connectivity index (χ4v) is 4.05. The number of carbonyl (C=O) groups is 1. The van der Waals surface area contributed by atoms with Gasteiger partial charge in [0.2, 0.25) is 0 Å². The maximum absolute atomic E-state index is 13.1. The van der Waals surface area contributed by atoms with Crippen molar-refractivity contribution in [3.63, 3.8) is 0 Å². The average Bonchev–Trinajstić information content (AvgIpc) is 2.76. The van der Waals surface area contributed by atoms with Crippen molar-refractivity contribution < 1.29 is 29.2 Å². The van der Waals surface area contributed by atoms with Gasteiger partial charge in [-0.3, -0.25) is 4.79 Å². The van der Waals surface area contributed by atoms with Gasteiger partial charge in [0.15, 0.2) is 5.78 Å². The summed E-state index contributed by atoms with van der Waals surface area (Å²) in [6.07, 6.45) is 2.71. The molecule has 0 fully saturated rings. The number of phenols is 2. The number of ether oxygens (including phenoxy) is 3. The maximum atomic E-state index is 13.1. The summed E-state index contributed by atoms with van der Waals surface area (Å²) in [7, 11) is 3.03. The van der Waals surface area contributed by atoms with Gasteiger partial charge in [-0.05, 0) is 51.7 Å². The maximum Gasteiger partial charge on any atom is 0.174 e. The Bertz CT molecular complexity index is 1090. The molecule has 2 N–H and O–H groups in total. The van der Waals surface area contributed by atoms with Gasteiger partial charge in [0, 0.05) is 23.3 Å². The first-order valence-electron chi connectivity index (χ1n) is 10.9. The van der Waals surface area contributed by atoms with Crippen molar-refractivity contribution in [1.82, 2.24) is 0 Å². The first kappa shape index (κ1) is 24.2. The van der Waals surface area contributed by atoms with Gasteiger partial charge in [0.1, 0.15) is 40.4 Å². The van der Waals surface area contributed by atoms with Crippen LogP contribution in [0.25, 0.3) is 0 Å². The first-order valence-corrected chi connectivity index (χ1v) is 10.9. The number of hydrogen-bond donors (Lipinski definition) is 2. The van der Waals surface area contributed by atoms with Crippen molar-refractivity contribution in [3.05, 3.63) is 64.8 Å². The molecule has 176 valence electrons. The Morgan fingerprint density at radius 3 is 2.52 bits per heavy atom. The highest BCUT2D eigenvalue weighted by Crippen LogP contribution is 2.47. The van der Waals surface area contributed by atoms with E-state index in [1.54, 1.807) is 18.2 Å². The predicted octanol–water partition coefficient (Wildman–Crippen LogP) is 5.91. The summed E-state index contributed by atoms with van der Waals surface area (Å²) in [5.74, 6) is 0.878. The van der Waals surface area contributed by atoms with Crippen molar-refractivity contribution in [2.24, 2.45) is 5.92 Å². The van der Waals surface area contributed by atoms with Crippen LogP contribution in [0.4, 0.5) is 0 Å². The van der Waals surface area contributed by atoms with Crippen LogP contribution in [-0.4, -0.2) is 30.2 Å². The van der Waals surface area contributed by atoms with Crippen molar-refractivity contribution in [2.75, 3.05) is 14.2 Å². The molecule has 33 heavy (non-hydrogen) atoms. The number of methoxy groups -OCH3 is 2. The van der Waals surface area contributed by atoms with Gasteiger partial charge in [-0.2, -0.15) is 0 Å². The third kappa shape index (κ3) is 5.16. The SMILES string of the molecule is C=C(C)C(CC=C(C)C)Cc1c(OC)cc2c(c1O)C(=O)CC(c1ccc(OC)cc1O)O2. The second kappa shape index (κ2) is 10.0. The summed E-state index contributed by atoms with van der Waals surface area (Å²) >= 11 is 0. The molecular formula is C27H32O6. The van der Waals surface area contributed by atoms with Gasteiger partial charge < -0.3 is 24.4 Å². The zero-order valence-electron chi connectivity index (χ0n) is 19.9. The Morgan fingerprint density at radius 1 is 1.21 bits per heavy atom. The lowest BCUT2D eigenvalue weighted by molar-refractivity contribution is 0.0841. The highest BCUT2D eigenvalue weighted by molar-refractivity contribution is 6.03. The lowest BCUT2D eigenvalue weighted by Crippen LogP contribution is -2.21. The molecule has 0 saturated heterocycles. The summed E-state index contributed by atoms with van der Waals surface area (Å²) in [5, 5.41) is 21.5. The fraction of sp³-hybridized carbons (Fsp3) is 0.370. The first-order chi connectivity index (χ1) is 15.7. The van der Waals surface area contributed by atoms with Crippen LogP contribution in [0.2, 0.25) is 0 Å². The molecule has 2 aromatic rings. The third-order valence-corrected chi connectivity index (χ3v) is 6.01. The van der Waals surface area contributed by atoms with E-state index in [2.05, 4.69) is 12.7 Å². The Hall–Kier alpha value is -3.41. The number of rotatable bonds is 8. The van der Waals surface area contributed by atoms with Crippen LogP contribution in [0.1, 0.15) is 61.2 Å². The summed E-state index contributed by atoms with van der Waals surface area (Å²) in [6, 6.07) is 6.49. The standard InChI is InChI=1S/C27H32O6/c1-15(2)7-8-17(16(3)4)11-20-23(32-6)14-25-26(27(20)30)22(29)13-24(33-25)19-10-9-18(31-5)12-21(19)28/h7,9-10,12,14,17,24,28,30H,3,8,11,13H2,1-2,4-6H3. The van der Waals surface area contributed by atoms with E-state index < -0.39 is 6.10 Å². The van der Waals surface area contributed by atoms with Gasteiger partial charge in [0.25, 0.3) is 0 Å². The number of ketones is 1. The van der Waals surface area contributed by atoms with E-state index in [0.717, 1.165) is 12.0 Å². The van der Waals surface area contributed by atoms with Crippen LogP contribution in [0, 0.1) is 5.92 Å². The highest BCUT2D eigenvalue weighted by Gasteiger charge is 2.34. The molecule has 2 aromatic carbocycles. The smallest absolute Gasteiger partial charge is 0.174 e. The minimum absolute atomic E-state index is 0.00605. The van der Waals surface area contributed by atoms with Gasteiger partial charge in [-0.1, -0.05) is 23.8 Å². The lowest BCUT2D eigenvalue weighted by Gasteiger charge is -2.28. The van der Waals surface area contributed by atoms with E-state index >= 15 is 0 Å². The van der Waals surface area contributed by atoms with Crippen molar-refractivity contribution in [1.29, 1.82) is 0 Å². The quantitative estimate of drug-likeness (QED) is 0.484. The molecule has 3 rings (SSSR count). The Kier molecular flexibility index (Phi) is 7.36. The predicted molar refractivity (Wildman–Crippen MR) is 128 cm³/mol. The van der Waals surface area contributed by atoms with Crippen LogP contribution in [0.15, 0.2) is 48.1 Å². The Morgan fingerprint density at radius 2 is 1.94 bits per heavy atom. The van der Waals surface area contributed by atoms with Gasteiger partial charge in [-0.25, -0.2) is 0 Å². The lowest BCUT2D eigenvalue weighted by atomic mass is 9.86. The molecule has 1 aliphatic heterocycles. The van der Waals surface area contributed by atoms with E-state index in [-0.39, 0.29) is 40.9 Å². The summed E-state index contributed by atoms with van der Waals surface area (Å²) in [5.41, 5.74) is 3.39. The third-order valence-electron chi connectivity index (χ3n) is 6.01. The molecule has 1 aliphatic rings. The van der Waals surface area contributed by atoms with Gasteiger partial charge in [-0.15, -0.1) is 0 Å². The summed E-state index contributed by atoms with van der Waals surface area (Å²) in [4.78, 5) is 13.1. The summed E-state index contributed by atoms with van der Waals surface area (Å²) < 4.78 is 16.8. The van der Waals surface area contributed by atoms with Crippen molar-refractivity contribution >= 4 is 5.78 Å². The average molecular weight is 453 g/mol. The second-order valence-corrected chi connectivity index (χ2v) is 8.70. The molecule has 6 nitrogen and oxygen atoms in total. The number of carbonyl (C=O) groups excluding carboxylic acids is 1. The molecule has 0 amide bonds. The molecule has 0 aromatic heterocycles. The number of allylic oxidation sites excluding steroid dienone is 3. The zero-order chi connectivity index (χ0) is 24.3. The number of fused-ring (bicyclic) bond motifs is 1. The van der Waals surface area contributed by atoms with E-state index in [4.69, 9.17) is 14.2 Å². The number of benzene rings is 2. The Labute approximate surface area is 195 Å². The van der Waals surface area contributed by atoms with Crippen LogP contribution < -0.4 is 14.2 Å². The summed E-state index contributed by atoms with van der Waals surface area (Å²) in [6.45, 7) is 10.2.